The van der Waals surface area contributed by atoms with Crippen LogP contribution in [0.3, 0.4) is 0 Å². The van der Waals surface area contributed by atoms with E-state index >= 15 is 0 Å². The number of carbonyl (C=O) groups is 2. The van der Waals surface area contributed by atoms with Crippen LogP contribution in [0.1, 0.15) is 18.5 Å². The van der Waals surface area contributed by atoms with Crippen molar-refractivity contribution in [1.29, 1.82) is 0 Å². The highest BCUT2D eigenvalue weighted by Gasteiger charge is 2.60. The maximum absolute atomic E-state index is 13.7. The summed E-state index contributed by atoms with van der Waals surface area (Å²) < 4.78 is 5.45. The van der Waals surface area contributed by atoms with Crippen molar-refractivity contribution in [2.45, 2.75) is 19.1 Å². The minimum atomic E-state index is -1.08. The molecule has 1 N–H and O–H groups in total. The van der Waals surface area contributed by atoms with E-state index in [1.54, 1.807) is 36.4 Å². The van der Waals surface area contributed by atoms with Gasteiger partial charge in [-0.15, -0.1) is 0 Å². The van der Waals surface area contributed by atoms with E-state index in [0.717, 1.165) is 4.90 Å². The predicted molar refractivity (Wildman–Crippen MR) is 128 cm³/mol. The minimum Gasteiger partial charge on any atom is -0.506 e. The number of imide groups is 1. The molecule has 2 saturated heterocycles. The molecule has 5 rings (SSSR count). The van der Waals surface area contributed by atoms with Crippen LogP contribution in [0.15, 0.2) is 66.7 Å². The first kappa shape index (κ1) is 22.5. The maximum Gasteiger partial charge on any atom is 0.266 e. The van der Waals surface area contributed by atoms with Gasteiger partial charge in [-0.2, -0.15) is 0 Å². The normalized spacial score (nSPS) is 21.8. The number of anilines is 2. The summed E-state index contributed by atoms with van der Waals surface area (Å²) in [5, 5.41) is 12.6. The summed E-state index contributed by atoms with van der Waals surface area (Å²) in [5.74, 6) is -1.46. The number of amides is 2. The molecule has 2 amide bonds. The summed E-state index contributed by atoms with van der Waals surface area (Å²) in [6.07, 6.45) is -1.08. The third-order valence-corrected chi connectivity index (χ3v) is 6.41. The number of aromatic hydroxyl groups is 1. The molecule has 174 valence electrons. The molecular formula is C25H20Cl2N2O5. The average molecular weight is 499 g/mol. The number of ether oxygens (including phenoxy) is 1. The Kier molecular flexibility index (Phi) is 5.85. The minimum absolute atomic E-state index is 0.0408. The quantitative estimate of drug-likeness (QED) is 0.490. The highest BCUT2D eigenvalue weighted by Crippen LogP contribution is 2.51. The molecule has 2 aliphatic heterocycles. The molecule has 0 spiro atoms. The molecule has 2 aliphatic rings. The van der Waals surface area contributed by atoms with Gasteiger partial charge < -0.3 is 9.84 Å². The molecule has 3 atom stereocenters. The lowest BCUT2D eigenvalue weighted by molar-refractivity contribution is -0.126. The van der Waals surface area contributed by atoms with E-state index in [4.69, 9.17) is 32.8 Å². The number of phenols is 1. The fourth-order valence-electron chi connectivity index (χ4n) is 4.45. The Morgan fingerprint density at radius 3 is 2.35 bits per heavy atom. The number of benzene rings is 3. The summed E-state index contributed by atoms with van der Waals surface area (Å²) >= 11 is 12.4. The zero-order chi connectivity index (χ0) is 24.0. The number of fused-ring (bicyclic) bond motifs is 1. The summed E-state index contributed by atoms with van der Waals surface area (Å²) in [6, 6.07) is 17.8. The monoisotopic (exact) mass is 498 g/mol. The standard InChI is InChI=1S/C25H20Cl2N2O5/c1-2-33-17-10-8-15(9-11-17)28-24(31)20-21(18-12-14(26)13-19(27)22(18)30)29(34-23(20)25(28)32)16-6-4-3-5-7-16/h3-13,20-21,23,30H,2H2,1H3/t20-,21+,23+/m0/s1. The Bertz CT molecular complexity index is 1250. The number of halogens is 2. The van der Waals surface area contributed by atoms with Crippen LogP contribution in [-0.4, -0.2) is 29.6 Å². The number of nitrogens with zero attached hydrogens (tertiary/aromatic N) is 2. The predicted octanol–water partition coefficient (Wildman–Crippen LogP) is 5.15. The van der Waals surface area contributed by atoms with Crippen LogP contribution < -0.4 is 14.7 Å². The Hall–Kier alpha value is -3.26. The van der Waals surface area contributed by atoms with Crippen molar-refractivity contribution < 1.29 is 24.3 Å². The van der Waals surface area contributed by atoms with Crippen molar-refractivity contribution in [3.05, 3.63) is 82.3 Å². The number of carbonyl (C=O) groups excluding carboxylic acids is 2. The number of rotatable bonds is 5. The van der Waals surface area contributed by atoms with Crippen LogP contribution in [-0.2, 0) is 14.4 Å². The van der Waals surface area contributed by atoms with Gasteiger partial charge in [0.2, 0.25) is 5.91 Å². The third-order valence-electron chi connectivity index (χ3n) is 5.91. The Morgan fingerprint density at radius 2 is 1.68 bits per heavy atom. The van der Waals surface area contributed by atoms with Gasteiger partial charge in [0.1, 0.15) is 17.4 Å². The molecule has 3 aromatic rings. The number of hydrogen-bond acceptors (Lipinski definition) is 6. The van der Waals surface area contributed by atoms with Gasteiger partial charge in [0, 0.05) is 10.6 Å². The second-order valence-electron chi connectivity index (χ2n) is 7.92. The molecule has 0 aliphatic carbocycles. The van der Waals surface area contributed by atoms with Crippen molar-refractivity contribution in [3.63, 3.8) is 0 Å². The molecule has 0 aromatic heterocycles. The number of para-hydroxylation sites is 1. The summed E-state index contributed by atoms with van der Waals surface area (Å²) in [4.78, 5) is 34.2. The van der Waals surface area contributed by atoms with Crippen LogP contribution >= 0.6 is 23.2 Å². The molecule has 3 aromatic carbocycles. The van der Waals surface area contributed by atoms with Gasteiger partial charge in [0.05, 0.1) is 29.0 Å². The average Bonchev–Trinajstić information content (AvgIpc) is 3.34. The fraction of sp³-hybridized carbons (Fsp3) is 0.200. The van der Waals surface area contributed by atoms with Gasteiger partial charge in [-0.3, -0.25) is 14.4 Å². The lowest BCUT2D eigenvalue weighted by atomic mass is 9.90. The van der Waals surface area contributed by atoms with E-state index < -0.39 is 29.9 Å². The van der Waals surface area contributed by atoms with Crippen molar-refractivity contribution in [2.75, 3.05) is 16.6 Å². The van der Waals surface area contributed by atoms with E-state index in [0.29, 0.717) is 29.3 Å². The van der Waals surface area contributed by atoms with Gasteiger partial charge in [0.25, 0.3) is 5.91 Å². The fourth-order valence-corrected chi connectivity index (χ4v) is 4.96. The first-order valence-electron chi connectivity index (χ1n) is 10.7. The highest BCUT2D eigenvalue weighted by atomic mass is 35.5. The number of hydrogen-bond donors (Lipinski definition) is 1. The molecular weight excluding hydrogens is 479 g/mol. The van der Waals surface area contributed by atoms with Crippen molar-refractivity contribution in [1.82, 2.24) is 0 Å². The first-order chi connectivity index (χ1) is 16.4. The number of hydroxylamine groups is 1. The summed E-state index contributed by atoms with van der Waals surface area (Å²) in [6.45, 7) is 2.37. The molecule has 7 nitrogen and oxygen atoms in total. The molecule has 0 radical (unpaired) electrons. The van der Waals surface area contributed by atoms with Gasteiger partial charge in [-0.05, 0) is 55.5 Å². The van der Waals surface area contributed by atoms with E-state index in [1.165, 1.54) is 17.2 Å². The Labute approximate surface area is 206 Å². The van der Waals surface area contributed by atoms with Crippen LogP contribution in [0.25, 0.3) is 0 Å². The largest absolute Gasteiger partial charge is 0.506 e. The van der Waals surface area contributed by atoms with Gasteiger partial charge in [-0.1, -0.05) is 41.4 Å². The first-order valence-corrected chi connectivity index (χ1v) is 11.5. The highest BCUT2D eigenvalue weighted by molar-refractivity contribution is 6.35. The van der Waals surface area contributed by atoms with E-state index in [-0.39, 0.29) is 15.8 Å². The van der Waals surface area contributed by atoms with Crippen LogP contribution in [0.5, 0.6) is 11.5 Å². The molecule has 2 fully saturated rings. The number of phenolic OH excluding ortho intramolecular Hbond substituents is 1. The SMILES string of the molecule is CCOc1ccc(N2C(=O)[C@H]3[C@@H](c4cc(Cl)cc(Cl)c4O)N(c4ccccc4)O[C@H]3C2=O)cc1. The second-order valence-corrected chi connectivity index (χ2v) is 8.77. The summed E-state index contributed by atoms with van der Waals surface area (Å²) in [5.41, 5.74) is 1.32. The van der Waals surface area contributed by atoms with Gasteiger partial charge in [-0.25, -0.2) is 9.96 Å². The topological polar surface area (TPSA) is 79.3 Å². The van der Waals surface area contributed by atoms with E-state index in [2.05, 4.69) is 0 Å². The summed E-state index contributed by atoms with van der Waals surface area (Å²) in [7, 11) is 0. The van der Waals surface area contributed by atoms with Crippen molar-refractivity contribution in [3.8, 4) is 11.5 Å². The molecule has 0 unspecified atom stereocenters. The van der Waals surface area contributed by atoms with Crippen LogP contribution in [0.2, 0.25) is 10.0 Å². The molecule has 2 heterocycles. The van der Waals surface area contributed by atoms with Crippen LogP contribution in [0.4, 0.5) is 11.4 Å². The van der Waals surface area contributed by atoms with E-state index in [9.17, 15) is 14.7 Å². The lowest BCUT2D eigenvalue weighted by Gasteiger charge is -2.29. The van der Waals surface area contributed by atoms with Crippen LogP contribution in [0, 0.1) is 5.92 Å². The Morgan fingerprint density at radius 1 is 0.971 bits per heavy atom. The van der Waals surface area contributed by atoms with Crippen molar-refractivity contribution in [2.24, 2.45) is 5.92 Å². The zero-order valence-corrected chi connectivity index (χ0v) is 19.5. The Balaban J connectivity index is 1.58. The molecule has 34 heavy (non-hydrogen) atoms. The lowest BCUT2D eigenvalue weighted by Crippen LogP contribution is -2.37. The van der Waals surface area contributed by atoms with Crippen molar-refractivity contribution >= 4 is 46.4 Å². The van der Waals surface area contributed by atoms with Gasteiger partial charge >= 0.3 is 0 Å². The van der Waals surface area contributed by atoms with Gasteiger partial charge in [0.15, 0.2) is 6.10 Å². The molecule has 0 bridgehead atoms. The van der Waals surface area contributed by atoms with E-state index in [1.807, 2.05) is 25.1 Å². The second kappa shape index (κ2) is 8.83. The zero-order valence-electron chi connectivity index (χ0n) is 18.0. The molecule has 9 heteroatoms. The molecule has 0 saturated carbocycles. The third kappa shape index (κ3) is 3.66. The smallest absolute Gasteiger partial charge is 0.266 e. The maximum atomic E-state index is 13.7.